The molecular formula is C21H19N5O4. The van der Waals surface area contributed by atoms with Crippen LogP contribution >= 0.6 is 0 Å². The molecule has 0 unspecified atom stereocenters. The fourth-order valence-electron chi connectivity index (χ4n) is 2.92. The molecule has 0 fully saturated rings. The number of amides is 1. The van der Waals surface area contributed by atoms with E-state index in [1.807, 2.05) is 18.2 Å². The molecular weight excluding hydrogens is 386 g/mol. The van der Waals surface area contributed by atoms with Gasteiger partial charge in [0.05, 0.1) is 19.0 Å². The number of nitrogens with one attached hydrogen (secondary N) is 1. The molecule has 9 heteroatoms. The van der Waals surface area contributed by atoms with Gasteiger partial charge in [-0.15, -0.1) is 0 Å². The summed E-state index contributed by atoms with van der Waals surface area (Å²) in [7, 11) is 0. The van der Waals surface area contributed by atoms with Crippen LogP contribution in [0.3, 0.4) is 0 Å². The van der Waals surface area contributed by atoms with Crippen molar-refractivity contribution in [3.05, 3.63) is 82.1 Å². The topological polar surface area (TPSA) is 116 Å². The van der Waals surface area contributed by atoms with Gasteiger partial charge in [0.15, 0.2) is 5.76 Å². The maximum absolute atomic E-state index is 12.5. The van der Waals surface area contributed by atoms with Gasteiger partial charge >= 0.3 is 0 Å². The average molecular weight is 405 g/mol. The van der Waals surface area contributed by atoms with Crippen LogP contribution < -0.4 is 10.9 Å². The van der Waals surface area contributed by atoms with E-state index in [1.165, 1.54) is 17.2 Å². The van der Waals surface area contributed by atoms with Gasteiger partial charge in [-0.05, 0) is 37.6 Å². The lowest BCUT2D eigenvalue weighted by molar-refractivity contribution is -0.116. The Morgan fingerprint density at radius 2 is 2.00 bits per heavy atom. The second-order valence-electron chi connectivity index (χ2n) is 6.76. The summed E-state index contributed by atoms with van der Waals surface area (Å²) in [5.41, 5.74) is 2.34. The van der Waals surface area contributed by atoms with Gasteiger partial charge in [0.25, 0.3) is 5.56 Å². The van der Waals surface area contributed by atoms with E-state index in [0.717, 1.165) is 5.56 Å². The van der Waals surface area contributed by atoms with Gasteiger partial charge in [-0.1, -0.05) is 23.4 Å². The Balaban J connectivity index is 1.49. The molecule has 0 aliphatic carbocycles. The van der Waals surface area contributed by atoms with Gasteiger partial charge in [0, 0.05) is 16.9 Å². The zero-order valence-electron chi connectivity index (χ0n) is 16.5. The monoisotopic (exact) mass is 405 g/mol. The largest absolute Gasteiger partial charge is 0.461 e. The van der Waals surface area contributed by atoms with Gasteiger partial charge in [-0.25, -0.2) is 4.98 Å². The van der Waals surface area contributed by atoms with Crippen LogP contribution in [0.4, 0.5) is 5.69 Å². The van der Waals surface area contributed by atoms with Gasteiger partial charge in [-0.2, -0.15) is 4.98 Å². The summed E-state index contributed by atoms with van der Waals surface area (Å²) in [6, 6.07) is 10.8. The average Bonchev–Trinajstić information content (AvgIpc) is 3.42. The molecule has 0 radical (unpaired) electrons. The minimum absolute atomic E-state index is 0.134. The Morgan fingerprint density at radius 1 is 1.17 bits per heavy atom. The molecule has 30 heavy (non-hydrogen) atoms. The molecule has 0 atom stereocenters. The molecule has 1 amide bonds. The lowest BCUT2D eigenvalue weighted by Crippen LogP contribution is -2.29. The maximum Gasteiger partial charge on any atom is 0.256 e. The van der Waals surface area contributed by atoms with Crippen LogP contribution in [0, 0.1) is 13.8 Å². The van der Waals surface area contributed by atoms with E-state index in [-0.39, 0.29) is 18.0 Å². The SMILES string of the molecule is Cc1ncn(CC(=O)Nc2ccccc2Cc2nc(-c3ccco3)no2)c(=O)c1C. The molecule has 3 aromatic heterocycles. The smallest absolute Gasteiger partial charge is 0.256 e. The van der Waals surface area contributed by atoms with Crippen LogP contribution in [0.15, 0.2) is 62.7 Å². The second kappa shape index (κ2) is 8.16. The van der Waals surface area contributed by atoms with E-state index in [9.17, 15) is 9.59 Å². The molecule has 3 heterocycles. The van der Waals surface area contributed by atoms with Crippen molar-refractivity contribution in [3.63, 3.8) is 0 Å². The molecule has 0 aliphatic heterocycles. The lowest BCUT2D eigenvalue weighted by atomic mass is 10.1. The summed E-state index contributed by atoms with van der Waals surface area (Å²) in [4.78, 5) is 33.3. The Labute approximate surface area is 171 Å². The third-order valence-corrected chi connectivity index (χ3v) is 4.67. The van der Waals surface area contributed by atoms with E-state index in [2.05, 4.69) is 20.4 Å². The van der Waals surface area contributed by atoms with Crippen LogP contribution in [-0.2, 0) is 17.8 Å². The lowest BCUT2D eigenvalue weighted by Gasteiger charge is -2.11. The number of carbonyl (C=O) groups is 1. The minimum Gasteiger partial charge on any atom is -0.461 e. The molecule has 1 N–H and O–H groups in total. The zero-order valence-corrected chi connectivity index (χ0v) is 16.5. The number of benzene rings is 1. The summed E-state index contributed by atoms with van der Waals surface area (Å²) in [5.74, 6) is 0.922. The van der Waals surface area contributed by atoms with Gasteiger partial charge in [0.1, 0.15) is 6.54 Å². The number of rotatable bonds is 6. The Bertz CT molecular complexity index is 1240. The van der Waals surface area contributed by atoms with Crippen molar-refractivity contribution in [1.29, 1.82) is 0 Å². The molecule has 0 saturated carbocycles. The number of nitrogens with zero attached hydrogens (tertiary/aromatic N) is 4. The third kappa shape index (κ3) is 4.04. The molecule has 9 nitrogen and oxygen atoms in total. The number of aromatic nitrogens is 4. The van der Waals surface area contributed by atoms with E-state index in [0.29, 0.717) is 40.8 Å². The first-order valence-corrected chi connectivity index (χ1v) is 9.28. The van der Waals surface area contributed by atoms with E-state index in [4.69, 9.17) is 8.94 Å². The Hall–Kier alpha value is -4.01. The van der Waals surface area contributed by atoms with Crippen molar-refractivity contribution in [2.24, 2.45) is 0 Å². The third-order valence-electron chi connectivity index (χ3n) is 4.67. The number of anilines is 1. The first-order valence-electron chi connectivity index (χ1n) is 9.28. The fourth-order valence-corrected chi connectivity index (χ4v) is 2.92. The molecule has 0 bridgehead atoms. The van der Waals surface area contributed by atoms with Crippen molar-refractivity contribution < 1.29 is 13.7 Å². The summed E-state index contributed by atoms with van der Waals surface area (Å²) < 4.78 is 11.9. The first kappa shape index (κ1) is 19.3. The van der Waals surface area contributed by atoms with Crippen LogP contribution in [-0.4, -0.2) is 25.6 Å². The van der Waals surface area contributed by atoms with Crippen LogP contribution in [0.1, 0.15) is 22.7 Å². The van der Waals surface area contributed by atoms with Crippen molar-refractivity contribution in [2.75, 3.05) is 5.32 Å². The maximum atomic E-state index is 12.5. The number of hydrogen-bond donors (Lipinski definition) is 1. The summed E-state index contributed by atoms with van der Waals surface area (Å²) in [6.07, 6.45) is 3.24. The number of furan rings is 1. The number of aryl methyl sites for hydroxylation is 1. The number of hydrogen-bond acceptors (Lipinski definition) is 7. The highest BCUT2D eigenvalue weighted by molar-refractivity contribution is 5.91. The predicted molar refractivity (Wildman–Crippen MR) is 108 cm³/mol. The first-order chi connectivity index (χ1) is 14.5. The van der Waals surface area contributed by atoms with E-state index >= 15 is 0 Å². The van der Waals surface area contributed by atoms with Crippen LogP contribution in [0.2, 0.25) is 0 Å². The Morgan fingerprint density at radius 3 is 2.80 bits per heavy atom. The standard InChI is InChI=1S/C21H19N5O4/c1-13-14(2)22-12-26(21(13)28)11-18(27)23-16-7-4-3-6-15(16)10-19-24-20(25-30-19)17-8-5-9-29-17/h3-9,12H,10-11H2,1-2H3,(H,23,27). The van der Waals surface area contributed by atoms with E-state index in [1.54, 1.807) is 32.0 Å². The Kier molecular flexibility index (Phi) is 5.25. The molecule has 0 aliphatic rings. The number of carbonyl (C=O) groups excluding carboxylic acids is 1. The van der Waals surface area contributed by atoms with Crippen LogP contribution in [0.5, 0.6) is 0 Å². The highest BCUT2D eigenvalue weighted by Gasteiger charge is 2.15. The molecule has 152 valence electrons. The molecule has 4 rings (SSSR count). The fraction of sp³-hybridized carbons (Fsp3) is 0.190. The molecule has 1 aromatic carbocycles. The van der Waals surface area contributed by atoms with Crippen molar-refractivity contribution in [1.82, 2.24) is 19.7 Å². The molecule has 0 saturated heterocycles. The van der Waals surface area contributed by atoms with Gasteiger partial charge in [0.2, 0.25) is 17.6 Å². The van der Waals surface area contributed by atoms with Gasteiger partial charge < -0.3 is 14.3 Å². The van der Waals surface area contributed by atoms with E-state index < -0.39 is 0 Å². The summed E-state index contributed by atoms with van der Waals surface area (Å²) >= 11 is 0. The summed E-state index contributed by atoms with van der Waals surface area (Å²) in [5, 5.41) is 6.75. The molecule has 4 aromatic rings. The van der Waals surface area contributed by atoms with Gasteiger partial charge in [-0.3, -0.25) is 14.2 Å². The normalized spacial score (nSPS) is 10.9. The van der Waals surface area contributed by atoms with Crippen LogP contribution in [0.25, 0.3) is 11.6 Å². The van der Waals surface area contributed by atoms with Crippen molar-refractivity contribution in [2.45, 2.75) is 26.8 Å². The second-order valence-corrected chi connectivity index (χ2v) is 6.76. The van der Waals surface area contributed by atoms with Crippen molar-refractivity contribution in [3.8, 4) is 11.6 Å². The quantitative estimate of drug-likeness (QED) is 0.524. The van der Waals surface area contributed by atoms with Crippen molar-refractivity contribution >= 4 is 11.6 Å². The highest BCUT2D eigenvalue weighted by Crippen LogP contribution is 2.21. The summed E-state index contributed by atoms with van der Waals surface area (Å²) in [6.45, 7) is 3.31. The highest BCUT2D eigenvalue weighted by atomic mass is 16.5. The predicted octanol–water partition coefficient (Wildman–Crippen LogP) is 2.73. The molecule has 0 spiro atoms. The minimum atomic E-state index is -0.337. The number of para-hydroxylation sites is 1. The zero-order chi connectivity index (χ0) is 21.1.